The van der Waals surface area contributed by atoms with Crippen LogP contribution in [0.1, 0.15) is 47.0 Å². The van der Waals surface area contributed by atoms with Gasteiger partial charge in [0.15, 0.2) is 0 Å². The molecule has 3 heteroatoms. The molecule has 0 aromatic rings. The molecule has 0 atom stereocenters. The van der Waals surface area contributed by atoms with Crippen molar-refractivity contribution in [2.75, 3.05) is 13.1 Å². The van der Waals surface area contributed by atoms with Crippen LogP contribution in [-0.4, -0.2) is 23.9 Å². The lowest BCUT2D eigenvalue weighted by atomic mass is 9.92. The minimum atomic E-state index is -0.136. The Morgan fingerprint density at radius 3 is 2.33 bits per heavy atom. The molecule has 100 valence electrons. The number of carbonyl (C=O) groups excluding carboxylic acids is 1. The van der Waals surface area contributed by atoms with E-state index in [1.807, 2.05) is 25.7 Å². The zero-order chi connectivity index (χ0) is 13.8. The van der Waals surface area contributed by atoms with Crippen LogP contribution in [0.3, 0.4) is 0 Å². The van der Waals surface area contributed by atoms with Gasteiger partial charge in [-0.2, -0.15) is 5.26 Å². The second-order valence-electron chi connectivity index (χ2n) is 6.18. The van der Waals surface area contributed by atoms with Gasteiger partial charge >= 0.3 is 0 Å². The van der Waals surface area contributed by atoms with Crippen LogP contribution in [0.2, 0.25) is 0 Å². The van der Waals surface area contributed by atoms with Crippen LogP contribution in [-0.2, 0) is 4.79 Å². The minimum absolute atomic E-state index is 0.0954. The molecule has 1 saturated heterocycles. The second kappa shape index (κ2) is 6.04. The standard InChI is InChI=1S/C15H24N2O/c1-5-12-6-8-17(9-7-12)14(18)13(11-16)10-15(2,3)4/h10,12H,5-9H2,1-4H3/b13-10+. The molecule has 18 heavy (non-hydrogen) atoms. The normalized spacial score (nSPS) is 18.6. The number of rotatable bonds is 2. The lowest BCUT2D eigenvalue weighted by Crippen LogP contribution is -2.39. The summed E-state index contributed by atoms with van der Waals surface area (Å²) in [7, 11) is 0. The van der Waals surface area contributed by atoms with E-state index in [9.17, 15) is 4.79 Å². The van der Waals surface area contributed by atoms with Crippen LogP contribution in [0, 0.1) is 22.7 Å². The van der Waals surface area contributed by atoms with E-state index in [1.165, 1.54) is 6.42 Å². The second-order valence-corrected chi connectivity index (χ2v) is 6.18. The number of likely N-dealkylation sites (tertiary alicyclic amines) is 1. The lowest BCUT2D eigenvalue weighted by molar-refractivity contribution is -0.128. The lowest BCUT2D eigenvalue weighted by Gasteiger charge is -2.31. The van der Waals surface area contributed by atoms with Gasteiger partial charge in [0.05, 0.1) is 0 Å². The monoisotopic (exact) mass is 248 g/mol. The third kappa shape index (κ3) is 4.18. The van der Waals surface area contributed by atoms with Crippen LogP contribution in [0.4, 0.5) is 0 Å². The molecule has 0 N–H and O–H groups in total. The van der Waals surface area contributed by atoms with Gasteiger partial charge in [0.2, 0.25) is 0 Å². The number of nitriles is 1. The highest BCUT2D eigenvalue weighted by atomic mass is 16.2. The molecule has 1 amide bonds. The van der Waals surface area contributed by atoms with Crippen LogP contribution in [0.25, 0.3) is 0 Å². The van der Waals surface area contributed by atoms with Gasteiger partial charge < -0.3 is 4.90 Å². The molecule has 0 saturated carbocycles. The maximum atomic E-state index is 12.2. The molecular weight excluding hydrogens is 224 g/mol. The average molecular weight is 248 g/mol. The van der Waals surface area contributed by atoms with Crippen molar-refractivity contribution in [2.45, 2.75) is 47.0 Å². The third-order valence-corrected chi connectivity index (χ3v) is 3.41. The zero-order valence-corrected chi connectivity index (χ0v) is 12.0. The van der Waals surface area contributed by atoms with Gasteiger partial charge in [0.25, 0.3) is 5.91 Å². The van der Waals surface area contributed by atoms with Gasteiger partial charge in [-0.25, -0.2) is 0 Å². The Bertz CT molecular complexity index is 363. The number of allylic oxidation sites excluding steroid dienone is 1. The van der Waals surface area contributed by atoms with E-state index in [0.717, 1.165) is 31.8 Å². The van der Waals surface area contributed by atoms with Crippen molar-refractivity contribution in [3.05, 3.63) is 11.6 Å². The molecule has 0 spiro atoms. The molecule has 0 aromatic heterocycles. The van der Waals surface area contributed by atoms with E-state index in [2.05, 4.69) is 13.0 Å². The zero-order valence-electron chi connectivity index (χ0n) is 12.0. The summed E-state index contributed by atoms with van der Waals surface area (Å²) in [5, 5.41) is 9.12. The maximum absolute atomic E-state index is 12.2. The first kappa shape index (κ1) is 14.8. The van der Waals surface area contributed by atoms with Crippen molar-refractivity contribution in [1.82, 2.24) is 4.90 Å². The van der Waals surface area contributed by atoms with Crippen molar-refractivity contribution in [3.8, 4) is 6.07 Å². The van der Waals surface area contributed by atoms with Crippen LogP contribution in [0.15, 0.2) is 11.6 Å². The highest BCUT2D eigenvalue weighted by Gasteiger charge is 2.25. The van der Waals surface area contributed by atoms with E-state index in [4.69, 9.17) is 5.26 Å². The van der Waals surface area contributed by atoms with Gasteiger partial charge in [0.1, 0.15) is 11.6 Å². The fourth-order valence-electron chi connectivity index (χ4n) is 2.29. The average Bonchev–Trinajstić information content (AvgIpc) is 2.34. The summed E-state index contributed by atoms with van der Waals surface area (Å²) in [4.78, 5) is 14.1. The van der Waals surface area contributed by atoms with Crippen molar-refractivity contribution < 1.29 is 4.79 Å². The van der Waals surface area contributed by atoms with Gasteiger partial charge in [-0.1, -0.05) is 40.2 Å². The van der Waals surface area contributed by atoms with Crippen molar-refractivity contribution >= 4 is 5.91 Å². The van der Waals surface area contributed by atoms with E-state index >= 15 is 0 Å². The van der Waals surface area contributed by atoms with Crippen molar-refractivity contribution in [3.63, 3.8) is 0 Å². The Kier molecular flexibility index (Phi) is 4.95. The minimum Gasteiger partial charge on any atom is -0.338 e. The van der Waals surface area contributed by atoms with Gasteiger partial charge in [-0.3, -0.25) is 4.79 Å². The highest BCUT2D eigenvalue weighted by Crippen LogP contribution is 2.23. The van der Waals surface area contributed by atoms with E-state index in [0.29, 0.717) is 0 Å². The molecular formula is C15H24N2O. The maximum Gasteiger partial charge on any atom is 0.264 e. The van der Waals surface area contributed by atoms with Crippen LogP contribution >= 0.6 is 0 Å². The van der Waals surface area contributed by atoms with E-state index in [-0.39, 0.29) is 16.9 Å². The van der Waals surface area contributed by atoms with Gasteiger partial charge in [-0.05, 0) is 24.2 Å². The Morgan fingerprint density at radius 2 is 1.94 bits per heavy atom. The molecule has 1 aliphatic rings. The summed E-state index contributed by atoms with van der Waals surface area (Å²) >= 11 is 0. The summed E-state index contributed by atoms with van der Waals surface area (Å²) in [5.41, 5.74) is 0.153. The largest absolute Gasteiger partial charge is 0.338 e. The van der Waals surface area contributed by atoms with Crippen molar-refractivity contribution in [2.24, 2.45) is 11.3 Å². The van der Waals surface area contributed by atoms with Crippen LogP contribution in [0.5, 0.6) is 0 Å². The molecule has 0 radical (unpaired) electrons. The molecule has 1 aliphatic heterocycles. The van der Waals surface area contributed by atoms with Crippen LogP contribution < -0.4 is 0 Å². The summed E-state index contributed by atoms with van der Waals surface area (Å²) in [6.07, 6.45) is 5.10. The molecule has 0 aromatic carbocycles. The third-order valence-electron chi connectivity index (χ3n) is 3.41. The molecule has 0 aliphatic carbocycles. The Labute approximate surface area is 110 Å². The molecule has 1 heterocycles. The first-order chi connectivity index (χ1) is 8.37. The molecule has 1 fully saturated rings. The number of hydrogen-bond acceptors (Lipinski definition) is 2. The molecule has 0 unspecified atom stereocenters. The Hall–Kier alpha value is -1.30. The predicted molar refractivity (Wildman–Crippen MR) is 72.7 cm³/mol. The Balaban J connectivity index is 2.70. The summed E-state index contributed by atoms with van der Waals surface area (Å²) in [6, 6.07) is 2.05. The van der Waals surface area contributed by atoms with E-state index < -0.39 is 0 Å². The smallest absolute Gasteiger partial charge is 0.264 e. The summed E-state index contributed by atoms with van der Waals surface area (Å²) in [5.74, 6) is 0.646. The molecule has 0 bridgehead atoms. The van der Waals surface area contributed by atoms with Crippen molar-refractivity contribution in [1.29, 1.82) is 5.26 Å². The number of amides is 1. The molecule has 1 rings (SSSR count). The van der Waals surface area contributed by atoms with Gasteiger partial charge in [-0.15, -0.1) is 0 Å². The fourth-order valence-corrected chi connectivity index (χ4v) is 2.29. The first-order valence-corrected chi connectivity index (χ1v) is 6.79. The summed E-state index contributed by atoms with van der Waals surface area (Å²) < 4.78 is 0. The number of hydrogen-bond donors (Lipinski definition) is 0. The molecule has 3 nitrogen and oxygen atoms in total. The fraction of sp³-hybridized carbons (Fsp3) is 0.733. The summed E-state index contributed by atoms with van der Waals surface area (Å²) in [6.45, 7) is 9.78. The highest BCUT2D eigenvalue weighted by molar-refractivity contribution is 5.97. The first-order valence-electron chi connectivity index (χ1n) is 6.79. The number of carbonyl (C=O) groups is 1. The number of nitrogens with zero attached hydrogens (tertiary/aromatic N) is 2. The quantitative estimate of drug-likeness (QED) is 0.556. The number of piperidine rings is 1. The predicted octanol–water partition coefficient (Wildman–Crippen LogP) is 3.13. The Morgan fingerprint density at radius 1 is 1.39 bits per heavy atom. The topological polar surface area (TPSA) is 44.1 Å². The van der Waals surface area contributed by atoms with Gasteiger partial charge in [0, 0.05) is 13.1 Å². The SMILES string of the molecule is CCC1CCN(C(=O)/C(C#N)=C/C(C)(C)C)CC1. The van der Waals surface area contributed by atoms with E-state index in [1.54, 1.807) is 6.08 Å².